The molecule has 0 radical (unpaired) electrons. The van der Waals surface area contributed by atoms with Crippen LogP contribution in [0.3, 0.4) is 0 Å². The quantitative estimate of drug-likeness (QED) is 0.113. The Balaban J connectivity index is 1.08. The summed E-state index contributed by atoms with van der Waals surface area (Å²) in [5, 5.41) is 108. The SMILES string of the molecule is COC(=O)[C@H]1NC(=O)[C@H]2NC(=O)[C@H](NC(=O)[C@@H]3NC(=O)C4NC(=O)[C@H](NC(=O)[C@@H]([NH3+])c5ccc(O)c(c5)Oc5cc4cc(O)c5C)[C@H](O)c4ccc(cc4)Oc4cc3cc(c4O)Oc3ccc(cc3)C2O[C@H]2C[C@H](N)[C@@H](O)[C@H](C)O2)c2ccc(O)c(c2)-c2c(O)cc(O)cc21. The Bertz CT molecular complexity index is 4270. The first-order valence-electron chi connectivity index (χ1n) is 29.6. The number of hydrogen-bond donors (Lipinski definition) is 16. The third-order valence-corrected chi connectivity index (χ3v) is 17.2. The minimum Gasteiger partial charge on any atom is -0.508 e. The van der Waals surface area contributed by atoms with Crippen molar-refractivity contribution in [2.24, 2.45) is 5.73 Å². The highest BCUT2D eigenvalue weighted by Gasteiger charge is 2.45. The van der Waals surface area contributed by atoms with Gasteiger partial charge in [0.1, 0.15) is 82.7 Å². The number of ether oxygens (including phenoxy) is 6. The number of phenols is 6. The summed E-state index contributed by atoms with van der Waals surface area (Å²) < 4.78 is 36.6. The molecule has 7 aromatic carbocycles. The van der Waals surface area contributed by atoms with E-state index in [4.69, 9.17) is 34.2 Å². The largest absolute Gasteiger partial charge is 0.508 e. The second kappa shape index (κ2) is 25.4. The van der Waals surface area contributed by atoms with Crippen LogP contribution in [0, 0.1) is 6.92 Å². The van der Waals surface area contributed by atoms with Crippen molar-refractivity contribution in [2.45, 2.75) is 99.3 Å². The molecule has 0 saturated carbocycles. The van der Waals surface area contributed by atoms with Crippen molar-refractivity contribution in [3.8, 4) is 80.1 Å². The maximum Gasteiger partial charge on any atom is 0.333 e. The van der Waals surface area contributed by atoms with Crippen LogP contribution in [0.1, 0.15) is 100 Å². The van der Waals surface area contributed by atoms with Gasteiger partial charge in [0.15, 0.2) is 41.4 Å². The monoisotopic (exact) mass is 1300 g/mol. The van der Waals surface area contributed by atoms with E-state index in [0.29, 0.717) is 0 Å². The van der Waals surface area contributed by atoms with Gasteiger partial charge in [0.25, 0.3) is 5.91 Å². The zero-order valence-corrected chi connectivity index (χ0v) is 50.4. The number of carbonyl (C=O) groups excluding carboxylic acids is 7. The Morgan fingerprint density at radius 1 is 0.547 bits per heavy atom. The number of fused-ring (bicyclic) bond motifs is 14. The first kappa shape index (κ1) is 63.9. The van der Waals surface area contributed by atoms with E-state index in [0.717, 1.165) is 49.6 Å². The van der Waals surface area contributed by atoms with Crippen molar-refractivity contribution in [2.75, 3.05) is 7.11 Å². The minimum atomic E-state index is -2.16. The lowest BCUT2D eigenvalue weighted by atomic mass is 9.89. The first-order valence-corrected chi connectivity index (χ1v) is 29.6. The third-order valence-electron chi connectivity index (χ3n) is 17.2. The van der Waals surface area contributed by atoms with Gasteiger partial charge in [-0.1, -0.05) is 30.3 Å². The summed E-state index contributed by atoms with van der Waals surface area (Å²) in [6.45, 7) is 2.95. The minimum absolute atomic E-state index is 0.0172. The van der Waals surface area contributed by atoms with E-state index in [9.17, 15) is 50.4 Å². The molecule has 7 aliphatic rings. The lowest BCUT2D eigenvalue weighted by Crippen LogP contribution is -2.63. The van der Waals surface area contributed by atoms with E-state index in [1.807, 2.05) is 0 Å². The van der Waals surface area contributed by atoms with E-state index in [1.54, 1.807) is 0 Å². The molecule has 1 saturated heterocycles. The van der Waals surface area contributed by atoms with Crippen LogP contribution in [0.25, 0.3) is 11.1 Å². The molecule has 6 amide bonds. The Kier molecular flexibility index (Phi) is 17.1. The maximum atomic E-state index is 16.0. The van der Waals surface area contributed by atoms with Gasteiger partial charge < -0.3 is 113 Å². The number of nitrogens with two attached hydrogens (primary N) is 1. The number of methoxy groups -OCH3 is 1. The Morgan fingerprint density at radius 2 is 1.08 bits per heavy atom. The predicted octanol–water partition coefficient (Wildman–Crippen LogP) is 2.70. The first-order chi connectivity index (χ1) is 45.3. The summed E-state index contributed by atoms with van der Waals surface area (Å²) in [5.41, 5.74) is 8.80. The van der Waals surface area contributed by atoms with E-state index in [-0.39, 0.29) is 79.5 Å². The number of amides is 6. The molecule has 7 heterocycles. The number of phenolic OH excluding ortho intramolecular Hbond substituents is 6. The number of benzene rings is 7. The molecule has 0 aromatic heterocycles. The number of quaternary nitrogens is 1. The fourth-order valence-electron chi connectivity index (χ4n) is 11.9. The number of nitrogens with one attached hydrogen (secondary N) is 6. The average Bonchev–Trinajstić information content (AvgIpc) is 0.784. The number of esters is 1. The maximum absolute atomic E-state index is 16.0. The van der Waals surface area contributed by atoms with Crippen LogP contribution in [0.4, 0.5) is 0 Å². The van der Waals surface area contributed by atoms with Gasteiger partial charge in [-0.3, -0.25) is 28.8 Å². The van der Waals surface area contributed by atoms with Crippen LogP contribution in [0.2, 0.25) is 0 Å². The lowest BCUT2D eigenvalue weighted by Gasteiger charge is -2.39. The van der Waals surface area contributed by atoms with Crippen LogP contribution < -0.4 is 57.6 Å². The molecule has 0 aliphatic carbocycles. The van der Waals surface area contributed by atoms with E-state index >= 15 is 24.0 Å². The molecule has 7 aliphatic heterocycles. The summed E-state index contributed by atoms with van der Waals surface area (Å²) in [7, 11) is 0.987. The van der Waals surface area contributed by atoms with Gasteiger partial charge in [-0.2, -0.15) is 0 Å². The zero-order chi connectivity index (χ0) is 67.6. The molecule has 7 aromatic rings. The Morgan fingerprint density at radius 3 is 1.73 bits per heavy atom. The Labute approximate surface area is 538 Å². The fourth-order valence-corrected chi connectivity index (χ4v) is 11.9. The smallest absolute Gasteiger partial charge is 0.333 e. The summed E-state index contributed by atoms with van der Waals surface area (Å²) >= 11 is 0. The van der Waals surface area contributed by atoms with Crippen molar-refractivity contribution in [3.05, 3.63) is 166 Å². The van der Waals surface area contributed by atoms with Gasteiger partial charge in [-0.15, -0.1) is 0 Å². The number of rotatable bonds is 3. The van der Waals surface area contributed by atoms with Crippen LogP contribution >= 0.6 is 0 Å². The number of carbonyl (C=O) groups is 7. The van der Waals surface area contributed by atoms with E-state index in [2.05, 4.69) is 37.6 Å². The van der Waals surface area contributed by atoms with Crippen molar-refractivity contribution in [1.82, 2.24) is 31.9 Å². The molecule has 29 nitrogen and oxygen atoms in total. The highest BCUT2D eigenvalue weighted by atomic mass is 16.7. The molecule has 95 heavy (non-hydrogen) atoms. The molecule has 19 N–H and O–H groups in total. The molecule has 14 rings (SSSR count). The van der Waals surface area contributed by atoms with Gasteiger partial charge >= 0.3 is 5.97 Å². The van der Waals surface area contributed by atoms with Crippen molar-refractivity contribution in [1.29, 1.82) is 0 Å². The van der Waals surface area contributed by atoms with Gasteiger partial charge in [0.05, 0.1) is 19.3 Å². The van der Waals surface area contributed by atoms with Gasteiger partial charge in [-0.05, 0) is 127 Å². The topological polar surface area (TPSA) is 463 Å². The summed E-state index contributed by atoms with van der Waals surface area (Å²) in [6, 6.07) is 10.1. The average molecular weight is 1300 g/mol. The second-order valence-corrected chi connectivity index (χ2v) is 23.4. The van der Waals surface area contributed by atoms with Gasteiger partial charge in [-0.25, -0.2) is 4.79 Å². The molecular formula is C66H63N8O21+. The summed E-state index contributed by atoms with van der Waals surface area (Å²) in [5.74, 6) is -13.5. The van der Waals surface area contributed by atoms with E-state index in [1.165, 1.54) is 92.7 Å². The van der Waals surface area contributed by atoms with Crippen LogP contribution in [0.5, 0.6) is 69.0 Å². The van der Waals surface area contributed by atoms with Crippen molar-refractivity contribution >= 4 is 41.4 Å². The summed E-state index contributed by atoms with van der Waals surface area (Å²) in [6.07, 6.45) is -7.28. The molecule has 492 valence electrons. The molecule has 13 atom stereocenters. The van der Waals surface area contributed by atoms with Crippen LogP contribution in [-0.4, -0.2) is 126 Å². The fraction of sp³-hybridized carbons (Fsp3) is 0.258. The number of hydrogen-bond acceptors (Lipinski definition) is 22. The summed E-state index contributed by atoms with van der Waals surface area (Å²) in [4.78, 5) is 107. The lowest BCUT2D eigenvalue weighted by molar-refractivity contribution is -0.409. The molecule has 1 fully saturated rings. The third kappa shape index (κ3) is 12.4. The van der Waals surface area contributed by atoms with Crippen LogP contribution in [0.15, 0.2) is 121 Å². The second-order valence-electron chi connectivity index (χ2n) is 23.4. The van der Waals surface area contributed by atoms with Gasteiger partial charge in [0.2, 0.25) is 35.3 Å². The van der Waals surface area contributed by atoms with Crippen LogP contribution in [-0.2, 0) is 47.8 Å². The van der Waals surface area contributed by atoms with Gasteiger partial charge in [0, 0.05) is 46.3 Å². The number of aliphatic hydroxyl groups excluding tert-OH is 2. The standard InChI is InChI=1S/C66H62N8O21/c1-25-41(78)17-31-19-43(25)94-44-18-29(8-15-40(44)77)49(68)60(83)73-54-57(81)27-4-10-34(11-5-27)92-45-20-32-21-46(58(45)82)93-35-12-6-28(7-13-35)59(95-47-24-38(67)56(80)26(2)91-47)55-65(88)72-53(66(89)90-3)37-22-33(75)23-42(79)48(37)36-16-30(9-14-39(36)76)50(61(84)74-55)69-63(86)52(32)70-62(85)51(31)71-64(54)87/h4-23,26,38,47,49-57,59,75-82H,24,67-68H2,1-3H3,(H,69,86)(H,70,85)(H,71,87)(H,72,88)(H,73,83)(H,74,84)/p+1/t26-,38-,47-,49-,50+,51?,52+,53-,54+,55-,56-,57+,59?/m0/s1. The van der Waals surface area contributed by atoms with Crippen molar-refractivity contribution in [3.63, 3.8) is 0 Å². The predicted molar refractivity (Wildman–Crippen MR) is 326 cm³/mol. The highest BCUT2D eigenvalue weighted by molar-refractivity contribution is 6.00. The molecular weight excluding hydrogens is 1240 g/mol. The molecule has 2 unspecified atom stereocenters. The number of aromatic hydroxyl groups is 6. The molecule has 29 heteroatoms. The number of aliphatic hydroxyl groups is 2. The van der Waals surface area contributed by atoms with Crippen molar-refractivity contribution < 1.29 is 109 Å². The molecule has 0 spiro atoms. The highest BCUT2D eigenvalue weighted by Crippen LogP contribution is 2.48. The van der Waals surface area contributed by atoms with E-state index < -0.39 is 172 Å². The zero-order valence-electron chi connectivity index (χ0n) is 50.4. The molecule has 17 bridgehead atoms. The normalized spacial score (nSPS) is 25.8. The Hall–Kier alpha value is -11.2.